The van der Waals surface area contributed by atoms with E-state index in [1.807, 2.05) is 54.9 Å². The molecule has 0 aliphatic rings. The molecule has 4 rings (SSSR count). The number of hydrogen-bond acceptors (Lipinski definition) is 6. The van der Waals surface area contributed by atoms with Crippen molar-refractivity contribution < 1.29 is 4.42 Å². The quantitative estimate of drug-likeness (QED) is 0.465. The van der Waals surface area contributed by atoms with Crippen molar-refractivity contribution >= 4 is 34.2 Å². The molecule has 1 N–H and O–H groups in total. The van der Waals surface area contributed by atoms with Crippen molar-refractivity contribution in [3.8, 4) is 0 Å². The van der Waals surface area contributed by atoms with Gasteiger partial charge in [-0.1, -0.05) is 18.2 Å². The Kier molecular flexibility index (Phi) is 3.04. The number of nitrogens with zero attached hydrogens (tertiary/aromatic N) is 5. The normalized spacial score (nSPS) is 11.7. The molecule has 23 heavy (non-hydrogen) atoms. The third-order valence-electron chi connectivity index (χ3n) is 3.62. The van der Waals surface area contributed by atoms with Crippen LogP contribution in [0.15, 0.2) is 45.9 Å². The van der Waals surface area contributed by atoms with Crippen molar-refractivity contribution in [2.24, 2.45) is 12.1 Å². The zero-order valence-electron chi connectivity index (χ0n) is 12.7. The van der Waals surface area contributed by atoms with Gasteiger partial charge in [0.1, 0.15) is 17.0 Å². The fourth-order valence-electron chi connectivity index (χ4n) is 2.53. The summed E-state index contributed by atoms with van der Waals surface area (Å²) in [6.07, 6.45) is 1.57. The van der Waals surface area contributed by atoms with Crippen molar-refractivity contribution in [3.05, 3.63) is 47.9 Å². The molecule has 0 aliphatic carbocycles. The molecular formula is C16H14N6O. The van der Waals surface area contributed by atoms with Crippen LogP contribution in [0.5, 0.6) is 0 Å². The second-order valence-corrected chi connectivity index (χ2v) is 5.20. The van der Waals surface area contributed by atoms with Crippen molar-refractivity contribution in [1.82, 2.24) is 19.7 Å². The first-order chi connectivity index (χ1) is 11.2. The zero-order valence-corrected chi connectivity index (χ0v) is 12.7. The Bertz CT molecular complexity index is 1030. The average Bonchev–Trinajstić information content (AvgIpc) is 3.10. The Hall–Kier alpha value is -3.22. The lowest BCUT2D eigenvalue weighted by Gasteiger charge is -1.99. The molecule has 0 radical (unpaired) electrons. The minimum absolute atomic E-state index is 0.336. The van der Waals surface area contributed by atoms with Crippen molar-refractivity contribution in [1.29, 1.82) is 0 Å². The first kappa shape index (κ1) is 13.4. The maximum atomic E-state index is 5.40. The van der Waals surface area contributed by atoms with Gasteiger partial charge in [-0.05, 0) is 25.1 Å². The molecule has 0 bridgehead atoms. The van der Waals surface area contributed by atoms with Crippen LogP contribution in [0.4, 0.5) is 5.95 Å². The van der Waals surface area contributed by atoms with E-state index in [1.54, 1.807) is 6.21 Å². The van der Waals surface area contributed by atoms with Crippen LogP contribution in [-0.4, -0.2) is 26.0 Å². The lowest BCUT2D eigenvalue weighted by Crippen LogP contribution is -2.00. The number of rotatable bonds is 3. The number of anilines is 1. The Morgan fingerprint density at radius 2 is 2.04 bits per heavy atom. The summed E-state index contributed by atoms with van der Waals surface area (Å²) in [7, 11) is 1.96. The van der Waals surface area contributed by atoms with Gasteiger partial charge in [-0.15, -0.1) is 10.2 Å². The monoisotopic (exact) mass is 306 g/mol. The molecule has 0 spiro atoms. The smallest absolute Gasteiger partial charge is 0.265 e. The number of aryl methyl sites for hydroxylation is 2. The summed E-state index contributed by atoms with van der Waals surface area (Å²) in [5, 5.41) is 13.4. The van der Waals surface area contributed by atoms with Crippen LogP contribution in [-0.2, 0) is 7.05 Å². The second-order valence-electron chi connectivity index (χ2n) is 5.20. The molecule has 0 fully saturated rings. The third kappa shape index (κ3) is 2.32. The van der Waals surface area contributed by atoms with Crippen LogP contribution in [0.25, 0.3) is 22.1 Å². The van der Waals surface area contributed by atoms with E-state index in [0.717, 1.165) is 27.8 Å². The number of furan rings is 1. The summed E-state index contributed by atoms with van der Waals surface area (Å²) in [5.74, 6) is 1.83. The van der Waals surface area contributed by atoms with Gasteiger partial charge in [0.25, 0.3) is 5.95 Å². The van der Waals surface area contributed by atoms with Crippen molar-refractivity contribution in [2.75, 3.05) is 5.43 Å². The van der Waals surface area contributed by atoms with Gasteiger partial charge in [-0.25, -0.2) is 5.43 Å². The molecule has 0 unspecified atom stereocenters. The predicted molar refractivity (Wildman–Crippen MR) is 88.5 cm³/mol. The Labute approximate surface area is 131 Å². The highest BCUT2D eigenvalue weighted by atomic mass is 16.3. The molecule has 4 aromatic rings. The van der Waals surface area contributed by atoms with E-state index in [0.29, 0.717) is 11.7 Å². The molecule has 1 aromatic carbocycles. The van der Waals surface area contributed by atoms with Crippen molar-refractivity contribution in [3.63, 3.8) is 0 Å². The number of para-hydroxylation sites is 1. The highest BCUT2D eigenvalue weighted by Gasteiger charge is 2.11. The van der Waals surface area contributed by atoms with E-state index < -0.39 is 0 Å². The van der Waals surface area contributed by atoms with E-state index in [9.17, 15) is 0 Å². The molecular weight excluding hydrogens is 292 g/mol. The largest absolute Gasteiger partial charge is 0.460 e. The van der Waals surface area contributed by atoms with Crippen LogP contribution < -0.4 is 5.43 Å². The minimum atomic E-state index is 0.336. The fraction of sp³-hybridized carbons (Fsp3) is 0.125. The predicted octanol–water partition coefficient (Wildman–Crippen LogP) is 2.86. The molecule has 0 saturated heterocycles. The van der Waals surface area contributed by atoms with Gasteiger partial charge in [-0.2, -0.15) is 10.1 Å². The second kappa shape index (κ2) is 5.20. The maximum Gasteiger partial charge on any atom is 0.265 e. The molecule has 3 aromatic heterocycles. The summed E-state index contributed by atoms with van der Waals surface area (Å²) in [4.78, 5) is 4.48. The van der Waals surface area contributed by atoms with E-state index in [4.69, 9.17) is 4.42 Å². The highest BCUT2D eigenvalue weighted by Crippen LogP contribution is 2.24. The summed E-state index contributed by atoms with van der Waals surface area (Å²) >= 11 is 0. The number of nitrogens with one attached hydrogen (secondary N) is 1. The summed E-state index contributed by atoms with van der Waals surface area (Å²) in [6.45, 7) is 1.88. The van der Waals surface area contributed by atoms with Crippen LogP contribution in [0.1, 0.15) is 11.5 Å². The standard InChI is InChI=1S/C16H14N6O/c1-10-7-8-11(23-10)9-17-20-16-18-15-14(19-21-16)12-5-3-4-6-13(12)22(15)2/h3-9H,1-2H3,(H,18,20,21). The lowest BCUT2D eigenvalue weighted by atomic mass is 10.2. The van der Waals surface area contributed by atoms with E-state index >= 15 is 0 Å². The molecule has 0 aliphatic heterocycles. The summed E-state index contributed by atoms with van der Waals surface area (Å²) < 4.78 is 7.39. The lowest BCUT2D eigenvalue weighted by molar-refractivity contribution is 0.528. The molecule has 0 atom stereocenters. The molecule has 0 saturated carbocycles. The van der Waals surface area contributed by atoms with E-state index in [-0.39, 0.29) is 0 Å². The first-order valence-electron chi connectivity index (χ1n) is 7.16. The van der Waals surface area contributed by atoms with Gasteiger partial charge in [-0.3, -0.25) is 0 Å². The number of hydrogen-bond donors (Lipinski definition) is 1. The molecule has 114 valence electrons. The average molecular weight is 306 g/mol. The van der Waals surface area contributed by atoms with Gasteiger partial charge in [0.05, 0.1) is 11.7 Å². The first-order valence-corrected chi connectivity index (χ1v) is 7.16. The summed E-state index contributed by atoms with van der Waals surface area (Å²) in [5.41, 5.74) is 5.38. The Balaban J connectivity index is 1.67. The van der Waals surface area contributed by atoms with Gasteiger partial charge >= 0.3 is 0 Å². The minimum Gasteiger partial charge on any atom is -0.460 e. The van der Waals surface area contributed by atoms with E-state index in [1.165, 1.54) is 0 Å². The Morgan fingerprint density at radius 1 is 1.17 bits per heavy atom. The van der Waals surface area contributed by atoms with Gasteiger partial charge in [0, 0.05) is 12.4 Å². The van der Waals surface area contributed by atoms with Crippen LogP contribution in [0.3, 0.4) is 0 Å². The number of aromatic nitrogens is 4. The summed E-state index contributed by atoms with van der Waals surface area (Å²) in [6, 6.07) is 11.7. The van der Waals surface area contributed by atoms with Crippen LogP contribution in [0.2, 0.25) is 0 Å². The van der Waals surface area contributed by atoms with Crippen molar-refractivity contribution in [2.45, 2.75) is 6.92 Å². The van der Waals surface area contributed by atoms with Gasteiger partial charge < -0.3 is 8.98 Å². The van der Waals surface area contributed by atoms with Crippen LogP contribution in [0, 0.1) is 6.92 Å². The number of benzene rings is 1. The third-order valence-corrected chi connectivity index (χ3v) is 3.62. The molecule has 0 amide bonds. The Morgan fingerprint density at radius 3 is 2.87 bits per heavy atom. The molecule has 3 heterocycles. The number of fused-ring (bicyclic) bond motifs is 3. The number of hydrazone groups is 1. The van der Waals surface area contributed by atoms with Gasteiger partial charge in [0.15, 0.2) is 5.65 Å². The SMILES string of the molecule is Cc1ccc(C=NNc2nnc3c4ccccc4n(C)c3n2)o1. The van der Waals surface area contributed by atoms with Gasteiger partial charge in [0.2, 0.25) is 0 Å². The van der Waals surface area contributed by atoms with E-state index in [2.05, 4.69) is 25.7 Å². The highest BCUT2D eigenvalue weighted by molar-refractivity contribution is 6.04. The maximum absolute atomic E-state index is 5.40. The molecule has 7 heteroatoms. The topological polar surface area (TPSA) is 81.1 Å². The van der Waals surface area contributed by atoms with Crippen LogP contribution >= 0.6 is 0 Å². The zero-order chi connectivity index (χ0) is 15.8. The molecule has 7 nitrogen and oxygen atoms in total. The fourth-order valence-corrected chi connectivity index (χ4v) is 2.53.